The van der Waals surface area contributed by atoms with E-state index in [1.807, 2.05) is 0 Å². The summed E-state index contributed by atoms with van der Waals surface area (Å²) in [5, 5.41) is 9.74. The fourth-order valence-electron chi connectivity index (χ4n) is 1.97. The number of sulfonamides is 1. The Morgan fingerprint density at radius 3 is 2.70 bits per heavy atom. The average molecular weight is 300 g/mol. The van der Waals surface area contributed by atoms with Crippen LogP contribution in [0.2, 0.25) is 0 Å². The molecule has 0 saturated heterocycles. The molecule has 7 heteroatoms. The number of aliphatic hydroxyl groups excluding tert-OH is 1. The number of nitrogen functional groups attached to an aromatic ring is 1. The van der Waals surface area contributed by atoms with Gasteiger partial charge in [0.2, 0.25) is 10.0 Å². The molecule has 0 amide bonds. The highest BCUT2D eigenvalue weighted by Crippen LogP contribution is 2.33. The molecular weight excluding hydrogens is 280 g/mol. The van der Waals surface area contributed by atoms with Crippen molar-refractivity contribution in [2.24, 2.45) is 5.92 Å². The minimum absolute atomic E-state index is 0.00390. The van der Waals surface area contributed by atoms with Crippen LogP contribution in [0.5, 0.6) is 5.75 Å². The molecule has 0 spiro atoms. The number of hydrogen-bond acceptors (Lipinski definition) is 5. The number of hydrogen-bond donors (Lipinski definition) is 3. The Balaban J connectivity index is 2.21. The normalized spacial score (nSPS) is 16.9. The first-order valence-corrected chi connectivity index (χ1v) is 7.95. The van der Waals surface area contributed by atoms with Crippen LogP contribution in [0.15, 0.2) is 17.0 Å². The maximum absolute atomic E-state index is 12.3. The first kappa shape index (κ1) is 15.1. The molecule has 1 saturated carbocycles. The van der Waals surface area contributed by atoms with Crippen molar-refractivity contribution in [2.45, 2.75) is 30.8 Å². The topological polar surface area (TPSA) is 102 Å². The first-order valence-electron chi connectivity index (χ1n) is 6.47. The highest BCUT2D eigenvalue weighted by atomic mass is 32.2. The van der Waals surface area contributed by atoms with Crippen LogP contribution >= 0.6 is 0 Å². The van der Waals surface area contributed by atoms with Crippen LogP contribution < -0.4 is 15.2 Å². The number of methoxy groups -OCH3 is 1. The Morgan fingerprint density at radius 1 is 1.50 bits per heavy atom. The second-order valence-electron chi connectivity index (χ2n) is 5.12. The van der Waals surface area contributed by atoms with Crippen LogP contribution in [0.25, 0.3) is 0 Å². The van der Waals surface area contributed by atoms with Gasteiger partial charge in [-0.3, -0.25) is 0 Å². The van der Waals surface area contributed by atoms with E-state index in [9.17, 15) is 13.5 Å². The van der Waals surface area contributed by atoms with Gasteiger partial charge in [0.05, 0.1) is 13.2 Å². The van der Waals surface area contributed by atoms with Crippen LogP contribution in [0, 0.1) is 12.8 Å². The zero-order valence-corrected chi connectivity index (χ0v) is 12.4. The lowest BCUT2D eigenvalue weighted by Gasteiger charge is -2.15. The van der Waals surface area contributed by atoms with Gasteiger partial charge in [-0.15, -0.1) is 0 Å². The Hall–Kier alpha value is -1.31. The average Bonchev–Trinajstić information content (AvgIpc) is 3.23. The molecule has 112 valence electrons. The van der Waals surface area contributed by atoms with E-state index in [0.717, 1.165) is 18.4 Å². The van der Waals surface area contributed by atoms with Crippen molar-refractivity contribution in [3.05, 3.63) is 17.7 Å². The van der Waals surface area contributed by atoms with Crippen molar-refractivity contribution >= 4 is 15.7 Å². The lowest BCUT2D eigenvalue weighted by molar-refractivity contribution is 0.155. The van der Waals surface area contributed by atoms with Gasteiger partial charge in [-0.05, 0) is 43.4 Å². The number of ether oxygens (including phenoxy) is 1. The highest BCUT2D eigenvalue weighted by Gasteiger charge is 2.31. The second-order valence-corrected chi connectivity index (χ2v) is 6.85. The van der Waals surface area contributed by atoms with Gasteiger partial charge in [0.1, 0.15) is 10.6 Å². The number of aliphatic hydroxyl groups is 1. The van der Waals surface area contributed by atoms with Crippen LogP contribution in [0.4, 0.5) is 5.69 Å². The zero-order valence-electron chi connectivity index (χ0n) is 11.6. The van der Waals surface area contributed by atoms with Crippen molar-refractivity contribution < 1.29 is 18.3 Å². The molecule has 20 heavy (non-hydrogen) atoms. The third-order valence-corrected chi connectivity index (χ3v) is 4.94. The minimum atomic E-state index is -3.76. The fraction of sp³-hybridized carbons (Fsp3) is 0.538. The third kappa shape index (κ3) is 3.23. The molecule has 2 rings (SSSR count). The van der Waals surface area contributed by atoms with Crippen LogP contribution in [0.1, 0.15) is 18.4 Å². The van der Waals surface area contributed by atoms with E-state index in [-0.39, 0.29) is 23.1 Å². The van der Waals surface area contributed by atoms with Crippen molar-refractivity contribution in [1.29, 1.82) is 0 Å². The van der Waals surface area contributed by atoms with Gasteiger partial charge >= 0.3 is 0 Å². The molecule has 0 aromatic heterocycles. The summed E-state index contributed by atoms with van der Waals surface area (Å²) >= 11 is 0. The minimum Gasteiger partial charge on any atom is -0.495 e. The SMILES string of the molecule is COc1cc(C)c(N)cc1S(=O)(=O)NCC(O)C1CC1. The molecule has 1 unspecified atom stereocenters. The van der Waals surface area contributed by atoms with Gasteiger partial charge in [-0.25, -0.2) is 13.1 Å². The Bertz CT molecular complexity index is 597. The maximum atomic E-state index is 12.3. The van der Waals surface area contributed by atoms with Crippen molar-refractivity contribution in [3.63, 3.8) is 0 Å². The van der Waals surface area contributed by atoms with Crippen LogP contribution in [-0.2, 0) is 10.0 Å². The first-order chi connectivity index (χ1) is 9.35. The molecule has 0 aliphatic heterocycles. The van der Waals surface area contributed by atoms with Crippen molar-refractivity contribution in [1.82, 2.24) is 4.72 Å². The van der Waals surface area contributed by atoms with Gasteiger partial charge in [-0.2, -0.15) is 0 Å². The van der Waals surface area contributed by atoms with E-state index in [2.05, 4.69) is 4.72 Å². The summed E-state index contributed by atoms with van der Waals surface area (Å²) < 4.78 is 32.0. The van der Waals surface area contributed by atoms with Gasteiger partial charge < -0.3 is 15.6 Å². The molecule has 1 aromatic rings. The zero-order chi connectivity index (χ0) is 14.9. The Labute approximate surface area is 119 Å². The molecule has 0 radical (unpaired) electrons. The number of nitrogens with two attached hydrogens (primary N) is 1. The van der Waals surface area contributed by atoms with Gasteiger partial charge in [0, 0.05) is 12.2 Å². The summed E-state index contributed by atoms with van der Waals surface area (Å²) in [6.45, 7) is 1.78. The largest absolute Gasteiger partial charge is 0.495 e. The Kier molecular flexibility index (Phi) is 4.22. The molecule has 6 nitrogen and oxygen atoms in total. The predicted octanol–water partition coefficient (Wildman–Crippen LogP) is 0.635. The molecule has 1 aliphatic rings. The monoisotopic (exact) mass is 300 g/mol. The molecule has 4 N–H and O–H groups in total. The van der Waals surface area contributed by atoms with Crippen molar-refractivity contribution in [3.8, 4) is 5.75 Å². The Morgan fingerprint density at radius 2 is 2.15 bits per heavy atom. The molecular formula is C13H20N2O4S. The molecule has 0 heterocycles. The maximum Gasteiger partial charge on any atom is 0.244 e. The quantitative estimate of drug-likeness (QED) is 0.669. The van der Waals surface area contributed by atoms with Gasteiger partial charge in [-0.1, -0.05) is 0 Å². The predicted molar refractivity (Wildman–Crippen MR) is 76.1 cm³/mol. The third-order valence-electron chi connectivity index (χ3n) is 3.49. The van der Waals surface area contributed by atoms with Gasteiger partial charge in [0.25, 0.3) is 0 Å². The lowest BCUT2D eigenvalue weighted by atomic mass is 10.2. The van der Waals surface area contributed by atoms with Crippen LogP contribution in [0.3, 0.4) is 0 Å². The molecule has 1 aromatic carbocycles. The summed E-state index contributed by atoms with van der Waals surface area (Å²) in [6, 6.07) is 2.96. The van der Waals surface area contributed by atoms with E-state index >= 15 is 0 Å². The number of benzene rings is 1. The standard InChI is InChI=1S/C13H20N2O4S/c1-8-5-12(19-2)13(6-10(8)14)20(17,18)15-7-11(16)9-3-4-9/h5-6,9,11,15-16H,3-4,7,14H2,1-2H3. The smallest absolute Gasteiger partial charge is 0.244 e. The van der Waals surface area contributed by atoms with Gasteiger partial charge in [0.15, 0.2) is 0 Å². The summed E-state index contributed by atoms with van der Waals surface area (Å²) in [5.41, 5.74) is 6.89. The second kappa shape index (κ2) is 5.59. The van der Waals surface area contributed by atoms with E-state index < -0.39 is 16.1 Å². The number of nitrogens with one attached hydrogen (secondary N) is 1. The number of anilines is 1. The molecule has 1 fully saturated rings. The van der Waals surface area contributed by atoms with E-state index in [4.69, 9.17) is 10.5 Å². The van der Waals surface area contributed by atoms with E-state index in [1.54, 1.807) is 13.0 Å². The van der Waals surface area contributed by atoms with Crippen LogP contribution in [-0.4, -0.2) is 33.3 Å². The fourth-order valence-corrected chi connectivity index (χ4v) is 3.20. The highest BCUT2D eigenvalue weighted by molar-refractivity contribution is 7.89. The number of rotatable bonds is 6. The number of aryl methyl sites for hydroxylation is 1. The summed E-state index contributed by atoms with van der Waals surface area (Å²) in [5.74, 6) is 0.452. The summed E-state index contributed by atoms with van der Waals surface area (Å²) in [6.07, 6.45) is 1.26. The van der Waals surface area contributed by atoms with E-state index in [0.29, 0.717) is 5.69 Å². The van der Waals surface area contributed by atoms with E-state index in [1.165, 1.54) is 13.2 Å². The summed E-state index contributed by atoms with van der Waals surface area (Å²) in [4.78, 5) is -0.00824. The molecule has 0 bridgehead atoms. The summed E-state index contributed by atoms with van der Waals surface area (Å²) in [7, 11) is -2.35. The molecule has 1 atom stereocenters. The molecule has 1 aliphatic carbocycles. The lowest BCUT2D eigenvalue weighted by Crippen LogP contribution is -2.33. The van der Waals surface area contributed by atoms with Crippen molar-refractivity contribution in [2.75, 3.05) is 19.4 Å².